The van der Waals surface area contributed by atoms with Crippen molar-refractivity contribution in [3.63, 3.8) is 0 Å². The van der Waals surface area contributed by atoms with Crippen molar-refractivity contribution in [2.45, 2.75) is 19.4 Å². The van der Waals surface area contributed by atoms with E-state index in [0.717, 1.165) is 5.56 Å². The van der Waals surface area contributed by atoms with Gasteiger partial charge >= 0.3 is 0 Å². The van der Waals surface area contributed by atoms with Crippen molar-refractivity contribution < 1.29 is 9.59 Å². The number of hydrogen-bond acceptors (Lipinski definition) is 5. The average molecular weight is 353 g/mol. The van der Waals surface area contributed by atoms with Gasteiger partial charge in [-0.25, -0.2) is 9.97 Å². The molecule has 1 N–H and O–H groups in total. The molecule has 7 heteroatoms. The molecule has 26 heavy (non-hydrogen) atoms. The lowest BCUT2D eigenvalue weighted by Gasteiger charge is -2.34. The molecular weight excluding hydrogens is 330 g/mol. The van der Waals surface area contributed by atoms with Crippen molar-refractivity contribution in [2.75, 3.05) is 31.1 Å². The Morgan fingerprint density at radius 2 is 1.69 bits per heavy atom. The number of carbonyl (C=O) groups is 2. The first kappa shape index (κ1) is 17.8. The number of rotatable bonds is 5. The molecular formula is C19H23N5O2. The molecule has 1 aliphatic heterocycles. The first-order valence-corrected chi connectivity index (χ1v) is 8.77. The Balaban J connectivity index is 1.46. The first-order valence-electron chi connectivity index (χ1n) is 8.77. The maximum Gasteiger partial charge on any atom is 0.232 e. The SMILES string of the molecule is CC(NC(=O)CC(=O)N1CCN(c2ncccn2)CC1)c1ccccc1. The summed E-state index contributed by atoms with van der Waals surface area (Å²) < 4.78 is 0. The number of benzene rings is 1. The van der Waals surface area contributed by atoms with E-state index >= 15 is 0 Å². The van der Waals surface area contributed by atoms with Crippen LogP contribution in [0.2, 0.25) is 0 Å². The molecule has 1 unspecified atom stereocenters. The minimum absolute atomic E-state index is 0.122. The molecule has 0 radical (unpaired) electrons. The van der Waals surface area contributed by atoms with Gasteiger partial charge in [0.15, 0.2) is 0 Å². The van der Waals surface area contributed by atoms with Crippen LogP contribution in [0.25, 0.3) is 0 Å². The fourth-order valence-corrected chi connectivity index (χ4v) is 2.98. The van der Waals surface area contributed by atoms with E-state index in [9.17, 15) is 9.59 Å². The van der Waals surface area contributed by atoms with Crippen LogP contribution in [0.15, 0.2) is 48.8 Å². The van der Waals surface area contributed by atoms with Crippen LogP contribution in [0.5, 0.6) is 0 Å². The Hall–Kier alpha value is -2.96. The quantitative estimate of drug-likeness (QED) is 0.822. The molecule has 2 aromatic rings. The van der Waals surface area contributed by atoms with Gasteiger partial charge in [-0.2, -0.15) is 0 Å². The molecule has 7 nitrogen and oxygen atoms in total. The van der Waals surface area contributed by atoms with Crippen molar-refractivity contribution in [2.24, 2.45) is 0 Å². The molecule has 0 saturated carbocycles. The molecule has 2 heterocycles. The minimum atomic E-state index is -0.250. The highest BCUT2D eigenvalue weighted by Gasteiger charge is 2.24. The van der Waals surface area contributed by atoms with E-state index in [-0.39, 0.29) is 24.3 Å². The second-order valence-electron chi connectivity index (χ2n) is 6.29. The summed E-state index contributed by atoms with van der Waals surface area (Å²) >= 11 is 0. The van der Waals surface area contributed by atoms with Gasteiger partial charge < -0.3 is 15.1 Å². The molecule has 0 bridgehead atoms. The van der Waals surface area contributed by atoms with Gasteiger partial charge in [0, 0.05) is 38.6 Å². The van der Waals surface area contributed by atoms with Gasteiger partial charge in [0.05, 0.1) is 6.04 Å². The van der Waals surface area contributed by atoms with Crippen molar-refractivity contribution in [1.82, 2.24) is 20.2 Å². The smallest absolute Gasteiger partial charge is 0.232 e. The molecule has 1 aliphatic rings. The number of anilines is 1. The van der Waals surface area contributed by atoms with Crippen LogP contribution in [0, 0.1) is 0 Å². The summed E-state index contributed by atoms with van der Waals surface area (Å²) in [6.07, 6.45) is 3.29. The van der Waals surface area contributed by atoms with E-state index in [4.69, 9.17) is 0 Å². The van der Waals surface area contributed by atoms with Gasteiger partial charge in [0.2, 0.25) is 17.8 Å². The van der Waals surface area contributed by atoms with Gasteiger partial charge in [-0.15, -0.1) is 0 Å². The first-order chi connectivity index (χ1) is 12.6. The standard InChI is InChI=1S/C19H23N5O2/c1-15(16-6-3-2-4-7-16)22-17(25)14-18(26)23-10-12-24(13-11-23)19-20-8-5-9-21-19/h2-9,15H,10-14H2,1H3,(H,22,25). The molecule has 3 rings (SSSR count). The Labute approximate surface area is 153 Å². The molecule has 2 amide bonds. The third-order valence-electron chi connectivity index (χ3n) is 4.46. The molecule has 1 aromatic heterocycles. The summed E-state index contributed by atoms with van der Waals surface area (Å²) in [5.41, 5.74) is 1.02. The minimum Gasteiger partial charge on any atom is -0.349 e. The Kier molecular flexibility index (Phi) is 5.78. The lowest BCUT2D eigenvalue weighted by atomic mass is 10.1. The zero-order valence-electron chi connectivity index (χ0n) is 14.8. The van der Waals surface area contributed by atoms with E-state index in [0.29, 0.717) is 32.1 Å². The molecule has 1 fully saturated rings. The highest BCUT2D eigenvalue weighted by atomic mass is 16.2. The lowest BCUT2D eigenvalue weighted by molar-refractivity contribution is -0.136. The number of carbonyl (C=O) groups excluding carboxylic acids is 2. The number of piperazine rings is 1. The van der Waals surface area contributed by atoms with Crippen LogP contribution < -0.4 is 10.2 Å². The number of aromatic nitrogens is 2. The van der Waals surface area contributed by atoms with Gasteiger partial charge in [0.25, 0.3) is 0 Å². The normalized spacial score (nSPS) is 15.4. The lowest BCUT2D eigenvalue weighted by Crippen LogP contribution is -2.50. The molecule has 0 spiro atoms. The third-order valence-corrected chi connectivity index (χ3v) is 4.46. The second-order valence-corrected chi connectivity index (χ2v) is 6.29. The maximum atomic E-state index is 12.4. The number of hydrogen-bond donors (Lipinski definition) is 1. The zero-order valence-corrected chi connectivity index (χ0v) is 14.8. The van der Waals surface area contributed by atoms with Crippen LogP contribution in [-0.2, 0) is 9.59 Å². The Morgan fingerprint density at radius 3 is 2.35 bits per heavy atom. The average Bonchev–Trinajstić information content (AvgIpc) is 2.69. The molecule has 0 aliphatic carbocycles. The van der Waals surface area contributed by atoms with Crippen LogP contribution in [0.1, 0.15) is 24.9 Å². The van der Waals surface area contributed by atoms with E-state index in [1.54, 1.807) is 23.4 Å². The van der Waals surface area contributed by atoms with Gasteiger partial charge in [0.1, 0.15) is 6.42 Å². The van der Waals surface area contributed by atoms with Crippen LogP contribution >= 0.6 is 0 Å². The summed E-state index contributed by atoms with van der Waals surface area (Å²) in [4.78, 5) is 36.8. The van der Waals surface area contributed by atoms with Gasteiger partial charge in [-0.3, -0.25) is 9.59 Å². The van der Waals surface area contributed by atoms with E-state index in [1.165, 1.54) is 0 Å². The number of amides is 2. The summed E-state index contributed by atoms with van der Waals surface area (Å²) in [7, 11) is 0. The van der Waals surface area contributed by atoms with E-state index in [1.807, 2.05) is 42.2 Å². The predicted molar refractivity (Wildman–Crippen MR) is 98.4 cm³/mol. The summed E-state index contributed by atoms with van der Waals surface area (Å²) in [6, 6.07) is 11.4. The fraction of sp³-hybridized carbons (Fsp3) is 0.368. The maximum absolute atomic E-state index is 12.4. The van der Waals surface area contributed by atoms with Crippen molar-refractivity contribution in [3.05, 3.63) is 54.4 Å². The summed E-state index contributed by atoms with van der Waals surface area (Å²) in [6.45, 7) is 4.38. The summed E-state index contributed by atoms with van der Waals surface area (Å²) in [5, 5.41) is 2.88. The molecule has 136 valence electrons. The van der Waals surface area contributed by atoms with E-state index < -0.39 is 0 Å². The van der Waals surface area contributed by atoms with E-state index in [2.05, 4.69) is 15.3 Å². The van der Waals surface area contributed by atoms with Crippen molar-refractivity contribution >= 4 is 17.8 Å². The summed E-state index contributed by atoms with van der Waals surface area (Å²) in [5.74, 6) is 0.283. The molecule has 1 aromatic carbocycles. The second kappa shape index (κ2) is 8.42. The largest absolute Gasteiger partial charge is 0.349 e. The highest BCUT2D eigenvalue weighted by molar-refractivity contribution is 5.97. The number of nitrogens with zero attached hydrogens (tertiary/aromatic N) is 4. The Morgan fingerprint density at radius 1 is 1.04 bits per heavy atom. The molecule has 1 saturated heterocycles. The van der Waals surface area contributed by atoms with Crippen LogP contribution in [0.4, 0.5) is 5.95 Å². The van der Waals surface area contributed by atoms with Crippen molar-refractivity contribution in [1.29, 1.82) is 0 Å². The highest BCUT2D eigenvalue weighted by Crippen LogP contribution is 2.13. The Bertz CT molecular complexity index is 730. The van der Waals surface area contributed by atoms with Crippen LogP contribution in [0.3, 0.4) is 0 Å². The number of nitrogens with one attached hydrogen (secondary N) is 1. The monoisotopic (exact) mass is 353 g/mol. The zero-order chi connectivity index (χ0) is 18.4. The predicted octanol–water partition coefficient (Wildman–Crippen LogP) is 1.39. The van der Waals surface area contributed by atoms with Crippen LogP contribution in [-0.4, -0.2) is 52.9 Å². The van der Waals surface area contributed by atoms with Crippen molar-refractivity contribution in [3.8, 4) is 0 Å². The topological polar surface area (TPSA) is 78.4 Å². The molecule has 1 atom stereocenters. The van der Waals surface area contributed by atoms with Gasteiger partial charge in [-0.1, -0.05) is 30.3 Å². The van der Waals surface area contributed by atoms with Gasteiger partial charge in [-0.05, 0) is 18.6 Å². The fourth-order valence-electron chi connectivity index (χ4n) is 2.98. The third kappa shape index (κ3) is 4.56.